The molecule has 0 aliphatic rings. The molecule has 1 heterocycles. The molecule has 0 radical (unpaired) electrons. The van der Waals surface area contributed by atoms with Gasteiger partial charge in [-0.05, 0) is 24.8 Å². The molecule has 1 aromatic carbocycles. The van der Waals surface area contributed by atoms with Gasteiger partial charge in [0.25, 0.3) is 0 Å². The number of aromatic nitrogens is 2. The Bertz CT molecular complexity index is 546. The van der Waals surface area contributed by atoms with Gasteiger partial charge in [0, 0.05) is 17.2 Å². The van der Waals surface area contributed by atoms with E-state index in [4.69, 9.17) is 5.84 Å². The third-order valence-electron chi connectivity index (χ3n) is 2.93. The number of nitrogens with one attached hydrogen (secondary N) is 2. The number of hydrogen-bond acceptors (Lipinski definition) is 6. The number of para-hydroxylation sites is 1. The summed E-state index contributed by atoms with van der Waals surface area (Å²) in [5, 5.41) is 4.49. The van der Waals surface area contributed by atoms with Gasteiger partial charge in [0.15, 0.2) is 0 Å². The van der Waals surface area contributed by atoms with Gasteiger partial charge in [-0.1, -0.05) is 19.1 Å². The number of hydrogen-bond donors (Lipinski definition) is 3. The molecule has 2 aromatic rings. The zero-order chi connectivity index (χ0) is 13.7. The number of rotatable bonds is 6. The average Bonchev–Trinajstić information content (AvgIpc) is 2.46. The van der Waals surface area contributed by atoms with Crippen molar-refractivity contribution in [3.8, 4) is 0 Å². The van der Waals surface area contributed by atoms with E-state index in [9.17, 15) is 0 Å². The minimum absolute atomic E-state index is 0.388. The van der Waals surface area contributed by atoms with Gasteiger partial charge >= 0.3 is 0 Å². The Labute approximate surface area is 117 Å². The van der Waals surface area contributed by atoms with Crippen LogP contribution in [-0.4, -0.2) is 28.0 Å². The van der Waals surface area contributed by atoms with E-state index in [2.05, 4.69) is 33.9 Å². The van der Waals surface area contributed by atoms with Crippen LogP contribution in [0, 0.1) is 0 Å². The predicted molar refractivity (Wildman–Crippen MR) is 83.4 cm³/mol. The number of benzene rings is 1. The van der Waals surface area contributed by atoms with E-state index < -0.39 is 0 Å². The number of anilines is 2. The second kappa shape index (κ2) is 6.58. The van der Waals surface area contributed by atoms with Crippen molar-refractivity contribution in [1.29, 1.82) is 0 Å². The Balaban J connectivity index is 2.39. The SMILES string of the molecule is CCC(CSC)Nc1nc(NN)nc2ccccc12. The Hall–Kier alpha value is -1.53. The molecule has 4 N–H and O–H groups in total. The van der Waals surface area contributed by atoms with Gasteiger partial charge in [0.2, 0.25) is 5.95 Å². The monoisotopic (exact) mass is 277 g/mol. The van der Waals surface area contributed by atoms with E-state index in [1.54, 1.807) is 0 Å². The van der Waals surface area contributed by atoms with Crippen LogP contribution < -0.4 is 16.6 Å². The summed E-state index contributed by atoms with van der Waals surface area (Å²) < 4.78 is 0. The highest BCUT2D eigenvalue weighted by molar-refractivity contribution is 7.98. The molecule has 1 atom stereocenters. The van der Waals surface area contributed by atoms with Crippen molar-refractivity contribution in [2.24, 2.45) is 5.84 Å². The van der Waals surface area contributed by atoms with Crippen LogP contribution in [0.25, 0.3) is 10.9 Å². The Morgan fingerprint density at radius 1 is 1.32 bits per heavy atom. The Kier molecular flexibility index (Phi) is 4.81. The molecule has 5 nitrogen and oxygen atoms in total. The van der Waals surface area contributed by atoms with E-state index in [0.717, 1.165) is 28.9 Å². The molecule has 1 aromatic heterocycles. The van der Waals surface area contributed by atoms with Crippen LogP contribution >= 0.6 is 11.8 Å². The van der Waals surface area contributed by atoms with Crippen molar-refractivity contribution in [2.45, 2.75) is 19.4 Å². The summed E-state index contributed by atoms with van der Waals surface area (Å²) in [5.41, 5.74) is 3.40. The van der Waals surface area contributed by atoms with Crippen LogP contribution in [0.15, 0.2) is 24.3 Å². The molecule has 6 heteroatoms. The number of nitrogens with two attached hydrogens (primary N) is 1. The molecule has 0 saturated heterocycles. The Morgan fingerprint density at radius 2 is 2.11 bits per heavy atom. The Morgan fingerprint density at radius 3 is 2.79 bits per heavy atom. The third kappa shape index (κ3) is 3.27. The van der Waals surface area contributed by atoms with Crippen molar-refractivity contribution in [1.82, 2.24) is 9.97 Å². The summed E-state index contributed by atoms with van der Waals surface area (Å²) in [6.07, 6.45) is 3.15. The normalized spacial score (nSPS) is 12.4. The predicted octanol–water partition coefficient (Wildman–Crippen LogP) is 2.47. The maximum Gasteiger partial charge on any atom is 0.239 e. The molecule has 0 saturated carbocycles. The number of hydrazine groups is 1. The van der Waals surface area contributed by atoms with E-state index in [0.29, 0.717) is 12.0 Å². The van der Waals surface area contributed by atoms with Gasteiger partial charge in [-0.3, -0.25) is 5.43 Å². The van der Waals surface area contributed by atoms with Crippen LogP contribution in [0.4, 0.5) is 11.8 Å². The molecule has 0 amide bonds. The third-order valence-corrected chi connectivity index (χ3v) is 3.67. The lowest BCUT2D eigenvalue weighted by atomic mass is 10.2. The standard InChI is InChI=1S/C13H19N5S/c1-3-9(8-19-2)15-12-10-6-4-5-7-11(10)16-13(17-12)18-14/h4-7,9H,3,8,14H2,1-2H3,(H2,15,16,17,18). The first-order valence-electron chi connectivity index (χ1n) is 6.27. The summed E-state index contributed by atoms with van der Waals surface area (Å²) in [7, 11) is 0. The molecule has 19 heavy (non-hydrogen) atoms. The topological polar surface area (TPSA) is 75.9 Å². The van der Waals surface area contributed by atoms with Crippen molar-refractivity contribution in [3.05, 3.63) is 24.3 Å². The van der Waals surface area contributed by atoms with E-state index in [1.807, 2.05) is 36.0 Å². The number of nitrogens with zero attached hydrogens (tertiary/aromatic N) is 2. The quantitative estimate of drug-likeness (QED) is 0.556. The maximum absolute atomic E-state index is 5.42. The van der Waals surface area contributed by atoms with Crippen molar-refractivity contribution < 1.29 is 0 Å². The summed E-state index contributed by atoms with van der Waals surface area (Å²) in [6.45, 7) is 2.17. The first-order chi connectivity index (χ1) is 9.28. The minimum atomic E-state index is 0.388. The number of nitrogen functional groups attached to an aromatic ring is 1. The van der Waals surface area contributed by atoms with Crippen LogP contribution in [0.2, 0.25) is 0 Å². The van der Waals surface area contributed by atoms with Gasteiger partial charge < -0.3 is 5.32 Å². The van der Waals surface area contributed by atoms with E-state index in [1.165, 1.54) is 0 Å². The summed E-state index contributed by atoms with van der Waals surface area (Å²) in [4.78, 5) is 8.76. The fourth-order valence-electron chi connectivity index (χ4n) is 1.91. The lowest BCUT2D eigenvalue weighted by Gasteiger charge is -2.18. The molecular formula is C13H19N5S. The van der Waals surface area contributed by atoms with Crippen molar-refractivity contribution >= 4 is 34.4 Å². The molecule has 0 spiro atoms. The van der Waals surface area contributed by atoms with Crippen LogP contribution in [-0.2, 0) is 0 Å². The number of thioether (sulfide) groups is 1. The molecule has 0 aliphatic carbocycles. The first-order valence-corrected chi connectivity index (χ1v) is 7.66. The van der Waals surface area contributed by atoms with Crippen LogP contribution in [0.3, 0.4) is 0 Å². The lowest BCUT2D eigenvalue weighted by Crippen LogP contribution is -2.22. The van der Waals surface area contributed by atoms with Crippen LogP contribution in [0.1, 0.15) is 13.3 Å². The molecule has 0 aliphatic heterocycles. The summed E-state index contributed by atoms with van der Waals surface area (Å²) >= 11 is 1.82. The zero-order valence-electron chi connectivity index (χ0n) is 11.2. The van der Waals surface area contributed by atoms with Gasteiger partial charge in [0.05, 0.1) is 5.52 Å². The van der Waals surface area contributed by atoms with Crippen molar-refractivity contribution in [2.75, 3.05) is 22.8 Å². The second-order valence-electron chi connectivity index (χ2n) is 4.26. The van der Waals surface area contributed by atoms with Crippen LogP contribution in [0.5, 0.6) is 0 Å². The fourth-order valence-corrected chi connectivity index (χ4v) is 2.63. The zero-order valence-corrected chi connectivity index (χ0v) is 12.0. The molecule has 2 rings (SSSR count). The summed E-state index contributed by atoms with van der Waals surface area (Å²) in [5.74, 6) is 7.73. The lowest BCUT2D eigenvalue weighted by molar-refractivity contribution is 0.771. The molecule has 1 unspecified atom stereocenters. The first kappa shape index (κ1) is 13.9. The fraction of sp³-hybridized carbons (Fsp3) is 0.385. The molecule has 0 bridgehead atoms. The smallest absolute Gasteiger partial charge is 0.239 e. The maximum atomic E-state index is 5.42. The molecule has 0 fully saturated rings. The van der Waals surface area contributed by atoms with Gasteiger partial charge in [-0.15, -0.1) is 0 Å². The average molecular weight is 277 g/mol. The van der Waals surface area contributed by atoms with Gasteiger partial charge in [-0.2, -0.15) is 16.7 Å². The van der Waals surface area contributed by atoms with E-state index >= 15 is 0 Å². The minimum Gasteiger partial charge on any atom is -0.366 e. The highest BCUT2D eigenvalue weighted by atomic mass is 32.2. The largest absolute Gasteiger partial charge is 0.366 e. The second-order valence-corrected chi connectivity index (χ2v) is 5.17. The highest BCUT2D eigenvalue weighted by Gasteiger charge is 2.11. The van der Waals surface area contributed by atoms with Gasteiger partial charge in [-0.25, -0.2) is 10.8 Å². The van der Waals surface area contributed by atoms with Crippen molar-refractivity contribution in [3.63, 3.8) is 0 Å². The van der Waals surface area contributed by atoms with Gasteiger partial charge in [0.1, 0.15) is 5.82 Å². The number of fused-ring (bicyclic) bond motifs is 1. The van der Waals surface area contributed by atoms with E-state index in [-0.39, 0.29) is 0 Å². The highest BCUT2D eigenvalue weighted by Crippen LogP contribution is 2.23. The molecule has 102 valence electrons. The summed E-state index contributed by atoms with van der Waals surface area (Å²) in [6, 6.07) is 8.31. The molecular weight excluding hydrogens is 258 g/mol.